The van der Waals surface area contributed by atoms with Crippen LogP contribution in [0.4, 0.5) is 11.5 Å². The van der Waals surface area contributed by atoms with Gasteiger partial charge in [0, 0.05) is 30.4 Å². The largest absolute Gasteiger partial charge is 0.312 e. The van der Waals surface area contributed by atoms with Crippen molar-refractivity contribution >= 4 is 23.3 Å². The van der Waals surface area contributed by atoms with Gasteiger partial charge in [0.25, 0.3) is 5.91 Å². The number of benzene rings is 1. The zero-order chi connectivity index (χ0) is 16.2. The fraction of sp³-hybridized carbons (Fsp3) is 0.278. The number of nitrogens with zero attached hydrogens (tertiary/aromatic N) is 2. The van der Waals surface area contributed by atoms with Crippen LogP contribution < -0.4 is 10.2 Å². The van der Waals surface area contributed by atoms with Crippen LogP contribution in [-0.2, 0) is 4.79 Å². The van der Waals surface area contributed by atoms with Crippen LogP contribution in [0.1, 0.15) is 35.2 Å². The second-order valence-electron chi connectivity index (χ2n) is 5.67. The molecular weight excluding hydrogens is 290 g/mol. The van der Waals surface area contributed by atoms with Gasteiger partial charge in [-0.25, -0.2) is 4.98 Å². The van der Waals surface area contributed by atoms with Gasteiger partial charge in [-0.3, -0.25) is 9.59 Å². The van der Waals surface area contributed by atoms with Crippen LogP contribution in [0.2, 0.25) is 0 Å². The zero-order valence-corrected chi connectivity index (χ0v) is 13.1. The maximum atomic E-state index is 12.3. The minimum atomic E-state index is -0.205. The van der Waals surface area contributed by atoms with Crippen molar-refractivity contribution in [2.24, 2.45) is 0 Å². The van der Waals surface area contributed by atoms with E-state index in [4.69, 9.17) is 0 Å². The molecule has 0 spiro atoms. The van der Waals surface area contributed by atoms with E-state index >= 15 is 0 Å². The molecule has 0 aliphatic carbocycles. The maximum Gasteiger partial charge on any atom is 0.256 e. The van der Waals surface area contributed by atoms with E-state index in [1.165, 1.54) is 0 Å². The van der Waals surface area contributed by atoms with E-state index in [1.54, 1.807) is 23.2 Å². The van der Waals surface area contributed by atoms with Crippen LogP contribution in [0.25, 0.3) is 0 Å². The van der Waals surface area contributed by atoms with Gasteiger partial charge in [0.05, 0.1) is 0 Å². The number of hydrogen-bond donors (Lipinski definition) is 1. The van der Waals surface area contributed by atoms with Crippen molar-refractivity contribution in [2.75, 3.05) is 16.8 Å². The molecule has 0 unspecified atom stereocenters. The number of hydrogen-bond acceptors (Lipinski definition) is 3. The quantitative estimate of drug-likeness (QED) is 0.947. The smallest absolute Gasteiger partial charge is 0.256 e. The Kier molecular flexibility index (Phi) is 4.37. The number of anilines is 2. The molecule has 2 aromatic rings. The highest BCUT2D eigenvalue weighted by molar-refractivity contribution is 6.04. The summed E-state index contributed by atoms with van der Waals surface area (Å²) in [6.45, 7) is 2.64. The number of aryl methyl sites for hydroxylation is 1. The molecule has 1 saturated heterocycles. The van der Waals surface area contributed by atoms with E-state index in [9.17, 15) is 9.59 Å². The Balaban J connectivity index is 1.73. The van der Waals surface area contributed by atoms with Gasteiger partial charge in [-0.15, -0.1) is 0 Å². The maximum absolute atomic E-state index is 12.3. The summed E-state index contributed by atoms with van der Waals surface area (Å²) in [5.74, 6) is 0.508. The topological polar surface area (TPSA) is 62.3 Å². The molecule has 1 N–H and O–H groups in total. The minimum absolute atomic E-state index is 0.151. The lowest BCUT2D eigenvalue weighted by Crippen LogP contribution is -2.35. The molecule has 1 fully saturated rings. The Morgan fingerprint density at radius 1 is 1.17 bits per heavy atom. The van der Waals surface area contributed by atoms with Crippen molar-refractivity contribution in [2.45, 2.75) is 26.2 Å². The molecule has 0 bridgehead atoms. The lowest BCUT2D eigenvalue weighted by atomic mass is 10.1. The number of nitrogens with one attached hydrogen (secondary N) is 1. The molecule has 5 nitrogen and oxygen atoms in total. The Bertz CT molecular complexity index is 725. The highest BCUT2D eigenvalue weighted by atomic mass is 16.2. The van der Waals surface area contributed by atoms with Crippen LogP contribution in [0, 0.1) is 6.92 Å². The van der Waals surface area contributed by atoms with Crippen molar-refractivity contribution in [3.63, 3.8) is 0 Å². The normalized spacial score (nSPS) is 14.7. The molecular formula is C18H19N3O2. The summed E-state index contributed by atoms with van der Waals surface area (Å²) in [7, 11) is 0. The molecule has 2 amide bonds. The average Bonchev–Trinajstić information content (AvgIpc) is 2.57. The molecule has 3 rings (SSSR count). The summed E-state index contributed by atoms with van der Waals surface area (Å²) in [5.41, 5.74) is 2.31. The summed E-state index contributed by atoms with van der Waals surface area (Å²) in [5, 5.41) is 2.80. The third kappa shape index (κ3) is 3.39. The van der Waals surface area contributed by atoms with E-state index in [1.807, 2.05) is 31.2 Å². The predicted octanol–water partition coefficient (Wildman–Crippen LogP) is 3.16. The van der Waals surface area contributed by atoms with Gasteiger partial charge in [-0.05, 0) is 55.7 Å². The molecule has 0 radical (unpaired) electrons. The SMILES string of the molecule is Cc1cccnc1NC(=O)c1ccc(N2CCCCC2=O)cc1. The molecule has 1 aromatic carbocycles. The first-order valence-corrected chi connectivity index (χ1v) is 7.78. The van der Waals surface area contributed by atoms with Crippen molar-refractivity contribution in [3.8, 4) is 0 Å². The van der Waals surface area contributed by atoms with Gasteiger partial charge in [-0.2, -0.15) is 0 Å². The van der Waals surface area contributed by atoms with Crippen LogP contribution in [0.5, 0.6) is 0 Å². The highest BCUT2D eigenvalue weighted by Crippen LogP contribution is 2.21. The Hall–Kier alpha value is -2.69. The summed E-state index contributed by atoms with van der Waals surface area (Å²) < 4.78 is 0. The summed E-state index contributed by atoms with van der Waals surface area (Å²) in [6.07, 6.45) is 4.22. The van der Waals surface area contributed by atoms with E-state index in [-0.39, 0.29) is 11.8 Å². The lowest BCUT2D eigenvalue weighted by Gasteiger charge is -2.26. The average molecular weight is 309 g/mol. The van der Waals surface area contributed by atoms with Crippen molar-refractivity contribution in [3.05, 3.63) is 53.7 Å². The molecule has 118 valence electrons. The third-order valence-corrected chi connectivity index (χ3v) is 4.01. The van der Waals surface area contributed by atoms with Crippen LogP contribution in [0.3, 0.4) is 0 Å². The fourth-order valence-corrected chi connectivity index (χ4v) is 2.67. The number of pyridine rings is 1. The first-order valence-electron chi connectivity index (χ1n) is 7.78. The second-order valence-corrected chi connectivity index (χ2v) is 5.67. The molecule has 5 heteroatoms. The van der Waals surface area contributed by atoms with E-state index < -0.39 is 0 Å². The number of piperidine rings is 1. The highest BCUT2D eigenvalue weighted by Gasteiger charge is 2.19. The van der Waals surface area contributed by atoms with Crippen molar-refractivity contribution in [1.82, 2.24) is 4.98 Å². The molecule has 23 heavy (non-hydrogen) atoms. The summed E-state index contributed by atoms with van der Waals surface area (Å²) in [4.78, 5) is 30.2. The minimum Gasteiger partial charge on any atom is -0.312 e. The van der Waals surface area contributed by atoms with E-state index in [0.717, 1.165) is 30.6 Å². The molecule has 0 atom stereocenters. The Morgan fingerprint density at radius 3 is 2.65 bits per heavy atom. The zero-order valence-electron chi connectivity index (χ0n) is 13.1. The monoisotopic (exact) mass is 309 g/mol. The standard InChI is InChI=1S/C18H19N3O2/c1-13-5-4-11-19-17(13)20-18(23)14-7-9-15(10-8-14)21-12-3-2-6-16(21)22/h4-5,7-11H,2-3,6,12H2,1H3,(H,19,20,23). The van der Waals surface area contributed by atoms with Gasteiger partial charge in [-0.1, -0.05) is 6.07 Å². The summed E-state index contributed by atoms with van der Waals surface area (Å²) >= 11 is 0. The van der Waals surface area contributed by atoms with Crippen molar-refractivity contribution in [1.29, 1.82) is 0 Å². The van der Waals surface area contributed by atoms with Crippen LogP contribution in [0.15, 0.2) is 42.6 Å². The molecule has 0 saturated carbocycles. The predicted molar refractivity (Wildman–Crippen MR) is 89.6 cm³/mol. The first kappa shape index (κ1) is 15.2. The molecule has 1 aliphatic heterocycles. The van der Waals surface area contributed by atoms with Gasteiger partial charge < -0.3 is 10.2 Å². The fourth-order valence-electron chi connectivity index (χ4n) is 2.67. The van der Waals surface area contributed by atoms with Gasteiger partial charge in [0.2, 0.25) is 5.91 Å². The van der Waals surface area contributed by atoms with Gasteiger partial charge in [0.1, 0.15) is 5.82 Å². The van der Waals surface area contributed by atoms with Crippen LogP contribution >= 0.6 is 0 Å². The van der Waals surface area contributed by atoms with Gasteiger partial charge >= 0.3 is 0 Å². The number of carbonyl (C=O) groups is 2. The summed E-state index contributed by atoms with van der Waals surface area (Å²) in [6, 6.07) is 10.9. The molecule has 2 heterocycles. The second kappa shape index (κ2) is 6.60. The van der Waals surface area contributed by atoms with Gasteiger partial charge in [0.15, 0.2) is 0 Å². The number of aromatic nitrogens is 1. The lowest BCUT2D eigenvalue weighted by molar-refractivity contribution is -0.119. The van der Waals surface area contributed by atoms with E-state index in [0.29, 0.717) is 17.8 Å². The molecule has 1 aliphatic rings. The van der Waals surface area contributed by atoms with E-state index in [2.05, 4.69) is 10.3 Å². The Morgan fingerprint density at radius 2 is 1.96 bits per heavy atom. The van der Waals surface area contributed by atoms with Crippen LogP contribution in [-0.4, -0.2) is 23.3 Å². The third-order valence-electron chi connectivity index (χ3n) is 4.01. The number of amides is 2. The first-order chi connectivity index (χ1) is 11.1. The number of carbonyl (C=O) groups excluding carboxylic acids is 2. The Labute approximate surface area is 135 Å². The number of rotatable bonds is 3. The molecule has 1 aromatic heterocycles. The van der Waals surface area contributed by atoms with Crippen molar-refractivity contribution < 1.29 is 9.59 Å².